The van der Waals surface area contributed by atoms with E-state index in [1.807, 2.05) is 43.3 Å². The average Bonchev–Trinajstić information content (AvgIpc) is 3.56. The lowest BCUT2D eigenvalue weighted by molar-refractivity contribution is -0.170. The van der Waals surface area contributed by atoms with Crippen LogP contribution < -0.4 is 5.32 Å². The lowest BCUT2D eigenvalue weighted by Gasteiger charge is -2.58. The molecule has 0 bridgehead atoms. The van der Waals surface area contributed by atoms with Gasteiger partial charge in [-0.15, -0.1) is 0 Å². The Morgan fingerprint density at radius 2 is 1.78 bits per heavy atom. The third kappa shape index (κ3) is 5.58. The van der Waals surface area contributed by atoms with Gasteiger partial charge in [0, 0.05) is 35.9 Å². The molecule has 1 aromatic carbocycles. The highest BCUT2D eigenvalue weighted by molar-refractivity contribution is 5.92. The van der Waals surface area contributed by atoms with Gasteiger partial charge >= 0.3 is 11.9 Å². The number of carbonyl (C=O) groups excluding carboxylic acids is 4. The SMILES string of the molecule is CC12CCC(=O)C=C1CCC1C2CCC2(C)C1CCC2(O)C(=O)COC(=O)CCC(=O)NC(Cc1cc2ccccc2[nH]1)C(=O)O. The van der Waals surface area contributed by atoms with Crippen LogP contribution in [0.1, 0.15) is 83.7 Å². The molecule has 10 heteroatoms. The summed E-state index contributed by atoms with van der Waals surface area (Å²) in [5.74, 6) is -1.91. The fourth-order valence-electron chi connectivity index (χ4n) is 9.52. The highest BCUT2D eigenvalue weighted by Gasteiger charge is 2.66. The Labute approximate surface area is 268 Å². The molecule has 1 heterocycles. The summed E-state index contributed by atoms with van der Waals surface area (Å²) in [4.78, 5) is 65.7. The third-order valence-electron chi connectivity index (χ3n) is 12.1. The van der Waals surface area contributed by atoms with Gasteiger partial charge in [0.1, 0.15) is 11.6 Å². The van der Waals surface area contributed by atoms with Crippen LogP contribution >= 0.6 is 0 Å². The maximum absolute atomic E-state index is 13.5. The largest absolute Gasteiger partial charge is 0.480 e. The van der Waals surface area contributed by atoms with Gasteiger partial charge in [0.15, 0.2) is 12.4 Å². The minimum atomic E-state index is -1.60. The minimum absolute atomic E-state index is 0.00822. The zero-order valence-electron chi connectivity index (χ0n) is 26.6. The van der Waals surface area contributed by atoms with Crippen LogP contribution in [0.5, 0.6) is 0 Å². The number of H-pyrrole nitrogens is 1. The Hall–Kier alpha value is -3.79. The van der Waals surface area contributed by atoms with Crippen molar-refractivity contribution in [3.8, 4) is 0 Å². The van der Waals surface area contributed by atoms with Gasteiger partial charge in [-0.05, 0) is 91.7 Å². The molecule has 0 saturated heterocycles. The smallest absolute Gasteiger partial charge is 0.326 e. The van der Waals surface area contributed by atoms with Crippen molar-refractivity contribution in [3.05, 3.63) is 47.7 Å². The maximum atomic E-state index is 13.5. The number of ether oxygens (including phenoxy) is 1. The van der Waals surface area contributed by atoms with E-state index in [0.29, 0.717) is 36.8 Å². The monoisotopic (exact) mass is 632 g/mol. The van der Waals surface area contributed by atoms with Crippen molar-refractivity contribution in [3.63, 3.8) is 0 Å². The van der Waals surface area contributed by atoms with Gasteiger partial charge in [-0.25, -0.2) is 4.79 Å². The Bertz CT molecular complexity index is 1580. The summed E-state index contributed by atoms with van der Waals surface area (Å²) in [6.45, 7) is 3.73. The van der Waals surface area contributed by atoms with Gasteiger partial charge < -0.3 is 25.3 Å². The summed E-state index contributed by atoms with van der Waals surface area (Å²) >= 11 is 0. The van der Waals surface area contributed by atoms with Crippen LogP contribution in [-0.2, 0) is 35.1 Å². The highest BCUT2D eigenvalue weighted by Crippen LogP contribution is 2.67. The number of carbonyl (C=O) groups is 5. The first-order valence-electron chi connectivity index (χ1n) is 16.6. The van der Waals surface area contributed by atoms with Crippen molar-refractivity contribution in [1.29, 1.82) is 0 Å². The topological polar surface area (TPSA) is 163 Å². The van der Waals surface area contributed by atoms with Gasteiger partial charge in [-0.1, -0.05) is 37.6 Å². The van der Waals surface area contributed by atoms with Crippen molar-refractivity contribution < 1.29 is 38.9 Å². The molecule has 3 fully saturated rings. The number of amides is 1. The summed E-state index contributed by atoms with van der Waals surface area (Å²) in [6, 6.07) is 8.18. The molecule has 1 amide bonds. The summed E-state index contributed by atoms with van der Waals surface area (Å²) < 4.78 is 5.25. The summed E-state index contributed by atoms with van der Waals surface area (Å²) in [5, 5.41) is 24.9. The van der Waals surface area contributed by atoms with E-state index in [9.17, 15) is 34.2 Å². The van der Waals surface area contributed by atoms with Crippen LogP contribution in [0.2, 0.25) is 0 Å². The number of aliphatic carboxylic acids is 1. The lowest BCUT2D eigenvalue weighted by Crippen LogP contribution is -2.58. The first-order chi connectivity index (χ1) is 21.8. The molecular formula is C36H44N2O8. The number of benzene rings is 1. The molecule has 1 aromatic heterocycles. The predicted octanol–water partition coefficient (Wildman–Crippen LogP) is 4.44. The van der Waals surface area contributed by atoms with Crippen molar-refractivity contribution in [1.82, 2.24) is 10.3 Å². The van der Waals surface area contributed by atoms with Gasteiger partial charge in [-0.3, -0.25) is 19.2 Å². The second-order valence-electron chi connectivity index (χ2n) is 14.5. The fraction of sp³-hybridized carbons (Fsp3) is 0.583. The Balaban J connectivity index is 1.01. The number of aromatic nitrogens is 1. The molecule has 0 aliphatic heterocycles. The van der Waals surface area contributed by atoms with Crippen molar-refractivity contribution >= 4 is 40.3 Å². The number of carboxylic acid groups (broad SMARTS) is 1. The van der Waals surface area contributed by atoms with Crippen molar-refractivity contribution in [2.24, 2.45) is 28.6 Å². The first kappa shape index (κ1) is 32.2. The number of Topliss-reactive ketones (excluding diaryl/α,β-unsaturated/α-hetero) is 1. The number of ketones is 2. The van der Waals surface area contributed by atoms with E-state index < -0.39 is 47.3 Å². The fourth-order valence-corrected chi connectivity index (χ4v) is 9.52. The van der Waals surface area contributed by atoms with Gasteiger partial charge in [-0.2, -0.15) is 0 Å². The van der Waals surface area contributed by atoms with Gasteiger partial charge in [0.25, 0.3) is 0 Å². The van der Waals surface area contributed by atoms with E-state index >= 15 is 0 Å². The molecule has 2 aromatic rings. The Morgan fingerprint density at radius 1 is 1.02 bits per heavy atom. The number of esters is 1. The van der Waals surface area contributed by atoms with Crippen LogP contribution in [0.25, 0.3) is 10.9 Å². The van der Waals surface area contributed by atoms with Crippen LogP contribution in [-0.4, -0.2) is 62.9 Å². The predicted molar refractivity (Wildman–Crippen MR) is 168 cm³/mol. The molecule has 10 nitrogen and oxygen atoms in total. The molecule has 4 aliphatic rings. The van der Waals surface area contributed by atoms with E-state index in [-0.39, 0.29) is 36.4 Å². The number of hydrogen-bond donors (Lipinski definition) is 4. The number of aromatic amines is 1. The summed E-state index contributed by atoms with van der Waals surface area (Å²) in [5.41, 5.74) is 0.554. The molecule has 6 rings (SSSR count). The Morgan fingerprint density at radius 3 is 2.54 bits per heavy atom. The molecule has 246 valence electrons. The third-order valence-corrected chi connectivity index (χ3v) is 12.1. The Kier molecular flexibility index (Phi) is 8.46. The number of para-hydroxylation sites is 1. The summed E-state index contributed by atoms with van der Waals surface area (Å²) in [7, 11) is 0. The summed E-state index contributed by atoms with van der Waals surface area (Å²) in [6.07, 6.45) is 7.18. The molecule has 0 radical (unpaired) electrons. The number of fused-ring (bicyclic) bond motifs is 6. The normalized spacial score (nSPS) is 32.5. The van der Waals surface area contributed by atoms with Gasteiger partial charge in [0.05, 0.1) is 6.42 Å². The second kappa shape index (κ2) is 12.1. The van der Waals surface area contributed by atoms with Crippen molar-refractivity contribution in [2.75, 3.05) is 6.61 Å². The number of aliphatic hydroxyl groups is 1. The maximum Gasteiger partial charge on any atom is 0.326 e. The standard InChI is InChI=1S/C36H44N2O8/c1-34-14-11-24(39)18-22(34)7-8-25-26(34)12-15-35(2)27(25)13-16-36(35,45)30(40)20-46-32(42)10-9-31(41)38-29(33(43)44)19-23-17-21-5-3-4-6-28(21)37-23/h3-6,17-18,25-27,29,37,45H,7-16,19-20H2,1-2H3,(H,38,41)(H,43,44). The van der Waals surface area contributed by atoms with Crippen LogP contribution in [0.15, 0.2) is 42.0 Å². The number of hydrogen-bond acceptors (Lipinski definition) is 7. The highest BCUT2D eigenvalue weighted by atomic mass is 16.5. The number of carboxylic acids is 1. The van der Waals surface area contributed by atoms with E-state index in [1.54, 1.807) is 0 Å². The zero-order chi connectivity index (χ0) is 32.9. The quantitative estimate of drug-likeness (QED) is 0.280. The molecular weight excluding hydrogens is 588 g/mol. The van der Waals surface area contributed by atoms with E-state index in [1.165, 1.54) is 5.57 Å². The molecule has 46 heavy (non-hydrogen) atoms. The minimum Gasteiger partial charge on any atom is -0.480 e. The average molecular weight is 633 g/mol. The zero-order valence-corrected chi connectivity index (χ0v) is 26.6. The lowest BCUT2D eigenvalue weighted by atomic mass is 9.46. The van der Waals surface area contributed by atoms with Gasteiger partial charge in [0.2, 0.25) is 11.7 Å². The second-order valence-corrected chi connectivity index (χ2v) is 14.5. The number of nitrogens with one attached hydrogen (secondary N) is 2. The van der Waals surface area contributed by atoms with Crippen LogP contribution in [0, 0.1) is 28.6 Å². The molecule has 7 unspecified atom stereocenters. The van der Waals surface area contributed by atoms with E-state index in [4.69, 9.17) is 4.74 Å². The molecule has 4 N–H and O–H groups in total. The molecule has 4 aliphatic carbocycles. The first-order valence-corrected chi connectivity index (χ1v) is 16.6. The van der Waals surface area contributed by atoms with E-state index in [0.717, 1.165) is 43.0 Å². The molecule has 0 spiro atoms. The van der Waals surface area contributed by atoms with Crippen molar-refractivity contribution in [2.45, 2.75) is 96.1 Å². The molecule has 7 atom stereocenters. The number of rotatable bonds is 10. The number of allylic oxidation sites excluding steroid dienone is 1. The van der Waals surface area contributed by atoms with E-state index in [2.05, 4.69) is 17.2 Å². The van der Waals surface area contributed by atoms with Crippen LogP contribution in [0.3, 0.4) is 0 Å². The molecule has 3 saturated carbocycles. The van der Waals surface area contributed by atoms with Crippen LogP contribution in [0.4, 0.5) is 0 Å².